The minimum Gasteiger partial charge on any atom is -0.328 e. The van der Waals surface area contributed by atoms with Crippen LogP contribution in [0.1, 0.15) is 30.7 Å². The molecular formula is C10H14N2. The summed E-state index contributed by atoms with van der Waals surface area (Å²) in [4.78, 5) is 4.11. The number of aromatic nitrogens is 1. The lowest BCUT2D eigenvalue weighted by Gasteiger charge is -2.07. The molecule has 12 heavy (non-hydrogen) atoms. The van der Waals surface area contributed by atoms with Crippen LogP contribution in [0.3, 0.4) is 0 Å². The lowest BCUT2D eigenvalue weighted by Crippen LogP contribution is -2.14. The van der Waals surface area contributed by atoms with Crippen molar-refractivity contribution in [1.29, 1.82) is 0 Å². The average Bonchev–Trinajstić information content (AvgIpc) is 2.54. The first-order valence-electron chi connectivity index (χ1n) is 4.52. The van der Waals surface area contributed by atoms with Gasteiger partial charge < -0.3 is 5.73 Å². The molecule has 0 spiro atoms. The van der Waals surface area contributed by atoms with E-state index in [0.717, 1.165) is 6.42 Å². The SMILES string of the molecule is NC1CCC(c2cccnc2)C1. The molecule has 1 aliphatic carbocycles. The fourth-order valence-corrected chi connectivity index (χ4v) is 1.94. The van der Waals surface area contributed by atoms with Crippen molar-refractivity contribution >= 4 is 0 Å². The molecule has 0 aromatic carbocycles. The fraction of sp³-hybridized carbons (Fsp3) is 0.500. The maximum Gasteiger partial charge on any atom is 0.0302 e. The van der Waals surface area contributed by atoms with Crippen molar-refractivity contribution in [3.63, 3.8) is 0 Å². The molecule has 2 heteroatoms. The Balaban J connectivity index is 2.11. The van der Waals surface area contributed by atoms with Gasteiger partial charge in [-0.25, -0.2) is 0 Å². The summed E-state index contributed by atoms with van der Waals surface area (Å²) in [7, 11) is 0. The van der Waals surface area contributed by atoms with E-state index in [2.05, 4.69) is 11.1 Å². The second-order valence-electron chi connectivity index (χ2n) is 3.56. The summed E-state index contributed by atoms with van der Waals surface area (Å²) in [5.41, 5.74) is 7.19. The summed E-state index contributed by atoms with van der Waals surface area (Å²) in [6, 6.07) is 4.56. The van der Waals surface area contributed by atoms with Gasteiger partial charge in [-0.1, -0.05) is 6.07 Å². The third-order valence-electron chi connectivity index (χ3n) is 2.63. The molecule has 64 valence electrons. The minimum atomic E-state index is 0.412. The monoisotopic (exact) mass is 162 g/mol. The molecule has 2 rings (SSSR count). The highest BCUT2D eigenvalue weighted by atomic mass is 14.7. The number of nitrogens with two attached hydrogens (primary N) is 1. The minimum absolute atomic E-state index is 0.412. The van der Waals surface area contributed by atoms with Crippen LogP contribution in [0.2, 0.25) is 0 Å². The van der Waals surface area contributed by atoms with Gasteiger partial charge in [0.05, 0.1) is 0 Å². The largest absolute Gasteiger partial charge is 0.328 e. The van der Waals surface area contributed by atoms with Crippen molar-refractivity contribution in [1.82, 2.24) is 4.98 Å². The van der Waals surface area contributed by atoms with Gasteiger partial charge in [-0.2, -0.15) is 0 Å². The molecule has 2 atom stereocenters. The molecular weight excluding hydrogens is 148 g/mol. The summed E-state index contributed by atoms with van der Waals surface area (Å²) in [5, 5.41) is 0. The Kier molecular flexibility index (Phi) is 2.09. The van der Waals surface area contributed by atoms with Crippen molar-refractivity contribution in [2.24, 2.45) is 5.73 Å². The Morgan fingerprint density at radius 1 is 1.42 bits per heavy atom. The highest BCUT2D eigenvalue weighted by Gasteiger charge is 2.22. The van der Waals surface area contributed by atoms with Gasteiger partial charge in [-0.3, -0.25) is 4.98 Å². The van der Waals surface area contributed by atoms with Gasteiger partial charge in [-0.15, -0.1) is 0 Å². The molecule has 0 amide bonds. The van der Waals surface area contributed by atoms with Crippen LogP contribution < -0.4 is 5.73 Å². The highest BCUT2D eigenvalue weighted by molar-refractivity contribution is 5.16. The third kappa shape index (κ3) is 1.48. The van der Waals surface area contributed by atoms with E-state index in [1.165, 1.54) is 18.4 Å². The molecule has 0 saturated heterocycles. The zero-order chi connectivity index (χ0) is 8.39. The van der Waals surface area contributed by atoms with Crippen LogP contribution in [-0.4, -0.2) is 11.0 Å². The first-order chi connectivity index (χ1) is 5.86. The van der Waals surface area contributed by atoms with E-state index < -0.39 is 0 Å². The maximum atomic E-state index is 5.84. The van der Waals surface area contributed by atoms with E-state index in [1.807, 2.05) is 18.5 Å². The van der Waals surface area contributed by atoms with Gasteiger partial charge in [0, 0.05) is 18.4 Å². The number of hydrogen-bond acceptors (Lipinski definition) is 2. The van der Waals surface area contributed by atoms with Gasteiger partial charge in [0.15, 0.2) is 0 Å². The lowest BCUT2D eigenvalue weighted by molar-refractivity contribution is 0.673. The van der Waals surface area contributed by atoms with Crippen LogP contribution in [0.25, 0.3) is 0 Å². The lowest BCUT2D eigenvalue weighted by atomic mass is 10.00. The molecule has 1 fully saturated rings. The van der Waals surface area contributed by atoms with Crippen LogP contribution >= 0.6 is 0 Å². The average molecular weight is 162 g/mol. The summed E-state index contributed by atoms with van der Waals surface area (Å²) in [6.45, 7) is 0. The molecule has 0 aliphatic heterocycles. The first-order valence-corrected chi connectivity index (χ1v) is 4.52. The Morgan fingerprint density at radius 3 is 2.92 bits per heavy atom. The Bertz CT molecular complexity index is 245. The molecule has 1 aromatic rings. The van der Waals surface area contributed by atoms with E-state index in [-0.39, 0.29) is 0 Å². The van der Waals surface area contributed by atoms with Gasteiger partial charge in [-0.05, 0) is 36.8 Å². The Hall–Kier alpha value is -0.890. The molecule has 1 heterocycles. The third-order valence-corrected chi connectivity index (χ3v) is 2.63. The molecule has 2 unspecified atom stereocenters. The van der Waals surface area contributed by atoms with E-state index in [4.69, 9.17) is 5.73 Å². The van der Waals surface area contributed by atoms with Crippen molar-refractivity contribution < 1.29 is 0 Å². The van der Waals surface area contributed by atoms with Gasteiger partial charge in [0.1, 0.15) is 0 Å². The van der Waals surface area contributed by atoms with Crippen LogP contribution in [-0.2, 0) is 0 Å². The van der Waals surface area contributed by atoms with E-state index in [1.54, 1.807) is 0 Å². The summed E-state index contributed by atoms with van der Waals surface area (Å²) in [5.74, 6) is 0.661. The molecule has 1 aromatic heterocycles. The zero-order valence-corrected chi connectivity index (χ0v) is 7.11. The van der Waals surface area contributed by atoms with Crippen molar-refractivity contribution in [3.05, 3.63) is 30.1 Å². The molecule has 1 aliphatic rings. The number of nitrogens with zero attached hydrogens (tertiary/aromatic N) is 1. The Morgan fingerprint density at radius 2 is 2.33 bits per heavy atom. The van der Waals surface area contributed by atoms with Crippen molar-refractivity contribution in [2.45, 2.75) is 31.2 Å². The fourth-order valence-electron chi connectivity index (χ4n) is 1.94. The first kappa shape index (κ1) is 7.74. The quantitative estimate of drug-likeness (QED) is 0.682. The van der Waals surface area contributed by atoms with Crippen molar-refractivity contribution in [2.75, 3.05) is 0 Å². The zero-order valence-electron chi connectivity index (χ0n) is 7.11. The molecule has 0 radical (unpaired) electrons. The molecule has 2 nitrogen and oxygen atoms in total. The Labute approximate surface area is 72.8 Å². The number of hydrogen-bond donors (Lipinski definition) is 1. The highest BCUT2D eigenvalue weighted by Crippen LogP contribution is 2.32. The predicted octanol–water partition coefficient (Wildman–Crippen LogP) is 1.68. The van der Waals surface area contributed by atoms with Gasteiger partial charge >= 0.3 is 0 Å². The number of pyridine rings is 1. The van der Waals surface area contributed by atoms with Gasteiger partial charge in [0.25, 0.3) is 0 Å². The summed E-state index contributed by atoms with van der Waals surface area (Å²) in [6.07, 6.45) is 7.30. The topological polar surface area (TPSA) is 38.9 Å². The standard InChI is InChI=1S/C10H14N2/c11-10-4-3-8(6-10)9-2-1-5-12-7-9/h1-2,5,7-8,10H,3-4,6,11H2. The van der Waals surface area contributed by atoms with Crippen LogP contribution in [0, 0.1) is 0 Å². The van der Waals surface area contributed by atoms with Crippen LogP contribution in [0.5, 0.6) is 0 Å². The second kappa shape index (κ2) is 3.23. The number of rotatable bonds is 1. The summed E-state index contributed by atoms with van der Waals surface area (Å²) < 4.78 is 0. The predicted molar refractivity (Wildman–Crippen MR) is 48.8 cm³/mol. The van der Waals surface area contributed by atoms with Crippen LogP contribution in [0.15, 0.2) is 24.5 Å². The van der Waals surface area contributed by atoms with Crippen molar-refractivity contribution in [3.8, 4) is 0 Å². The van der Waals surface area contributed by atoms with E-state index in [9.17, 15) is 0 Å². The van der Waals surface area contributed by atoms with E-state index >= 15 is 0 Å². The van der Waals surface area contributed by atoms with E-state index in [0.29, 0.717) is 12.0 Å². The smallest absolute Gasteiger partial charge is 0.0302 e. The second-order valence-corrected chi connectivity index (χ2v) is 3.56. The summed E-state index contributed by atoms with van der Waals surface area (Å²) >= 11 is 0. The molecule has 2 N–H and O–H groups in total. The maximum absolute atomic E-state index is 5.84. The molecule has 1 saturated carbocycles. The van der Waals surface area contributed by atoms with Gasteiger partial charge in [0.2, 0.25) is 0 Å². The van der Waals surface area contributed by atoms with Crippen LogP contribution in [0.4, 0.5) is 0 Å². The molecule has 0 bridgehead atoms. The normalized spacial score (nSPS) is 29.1.